The number of anilines is 1. The van der Waals surface area contributed by atoms with Gasteiger partial charge in [-0.25, -0.2) is 4.98 Å². The zero-order valence-corrected chi connectivity index (χ0v) is 8.84. The first-order chi connectivity index (χ1) is 6.84. The monoisotopic (exact) mass is 207 g/mol. The lowest BCUT2D eigenvalue weighted by atomic mass is 10.1. The van der Waals surface area contributed by atoms with Crippen LogP contribution in [0.3, 0.4) is 0 Å². The number of thiophene rings is 1. The van der Waals surface area contributed by atoms with Crippen molar-refractivity contribution in [2.45, 2.75) is 19.4 Å². The van der Waals surface area contributed by atoms with Gasteiger partial charge in [0.25, 0.3) is 0 Å². The van der Waals surface area contributed by atoms with E-state index in [1.807, 2.05) is 6.20 Å². The Hall–Kier alpha value is -1.29. The number of imidazole rings is 1. The van der Waals surface area contributed by atoms with Gasteiger partial charge in [0, 0.05) is 18.4 Å². The standard InChI is InChI=1S/C10H13N3S/c1-8(6-9-2-5-14-7-9)13-10-11-3-4-12-10/h2-5,7-8H,6H2,1H3,(H2,11,12,13). The van der Waals surface area contributed by atoms with E-state index >= 15 is 0 Å². The van der Waals surface area contributed by atoms with Gasteiger partial charge in [-0.2, -0.15) is 11.3 Å². The van der Waals surface area contributed by atoms with Gasteiger partial charge in [0.05, 0.1) is 0 Å². The topological polar surface area (TPSA) is 40.7 Å². The van der Waals surface area contributed by atoms with E-state index in [1.54, 1.807) is 17.5 Å². The molecule has 0 aromatic carbocycles. The minimum atomic E-state index is 0.399. The third kappa shape index (κ3) is 2.35. The lowest BCUT2D eigenvalue weighted by molar-refractivity contribution is 0.782. The van der Waals surface area contributed by atoms with E-state index in [0.717, 1.165) is 12.4 Å². The maximum atomic E-state index is 4.12. The normalized spacial score (nSPS) is 12.6. The molecule has 0 fully saturated rings. The summed E-state index contributed by atoms with van der Waals surface area (Å²) in [5, 5.41) is 7.59. The van der Waals surface area contributed by atoms with Crippen molar-refractivity contribution >= 4 is 17.3 Å². The molecule has 2 rings (SSSR count). The third-order valence-corrected chi connectivity index (χ3v) is 2.74. The zero-order chi connectivity index (χ0) is 9.80. The van der Waals surface area contributed by atoms with Crippen LogP contribution in [0.2, 0.25) is 0 Å². The van der Waals surface area contributed by atoms with Crippen molar-refractivity contribution in [2.75, 3.05) is 5.32 Å². The fraction of sp³-hybridized carbons (Fsp3) is 0.300. The van der Waals surface area contributed by atoms with Crippen LogP contribution in [0.15, 0.2) is 29.2 Å². The van der Waals surface area contributed by atoms with Crippen LogP contribution in [0.5, 0.6) is 0 Å². The van der Waals surface area contributed by atoms with Crippen molar-refractivity contribution in [3.8, 4) is 0 Å². The van der Waals surface area contributed by atoms with Crippen LogP contribution in [-0.2, 0) is 6.42 Å². The van der Waals surface area contributed by atoms with Crippen LogP contribution in [0.4, 0.5) is 5.95 Å². The molecule has 0 aliphatic carbocycles. The highest BCUT2D eigenvalue weighted by molar-refractivity contribution is 7.07. The maximum Gasteiger partial charge on any atom is 0.200 e. The minimum Gasteiger partial charge on any atom is -0.353 e. The number of aromatic amines is 1. The van der Waals surface area contributed by atoms with E-state index in [-0.39, 0.29) is 0 Å². The Kier molecular flexibility index (Phi) is 2.84. The molecule has 2 N–H and O–H groups in total. The van der Waals surface area contributed by atoms with Gasteiger partial charge < -0.3 is 10.3 Å². The SMILES string of the molecule is CC(Cc1ccsc1)Nc1ncc[nH]1. The van der Waals surface area contributed by atoms with E-state index in [2.05, 4.69) is 39.0 Å². The Labute approximate surface area is 87.2 Å². The second-order valence-corrected chi connectivity index (χ2v) is 4.10. The number of hydrogen-bond donors (Lipinski definition) is 2. The van der Waals surface area contributed by atoms with Crippen LogP contribution in [0, 0.1) is 0 Å². The molecule has 74 valence electrons. The Balaban J connectivity index is 1.88. The van der Waals surface area contributed by atoms with E-state index in [1.165, 1.54) is 5.56 Å². The van der Waals surface area contributed by atoms with Crippen LogP contribution < -0.4 is 5.32 Å². The number of nitrogens with one attached hydrogen (secondary N) is 2. The van der Waals surface area contributed by atoms with Crippen LogP contribution in [0.1, 0.15) is 12.5 Å². The number of rotatable bonds is 4. The number of nitrogens with zero attached hydrogens (tertiary/aromatic N) is 1. The Bertz CT molecular complexity index is 316. The van der Waals surface area contributed by atoms with Gasteiger partial charge in [-0.05, 0) is 35.7 Å². The van der Waals surface area contributed by atoms with Gasteiger partial charge in [-0.15, -0.1) is 0 Å². The first-order valence-corrected chi connectivity index (χ1v) is 5.56. The highest BCUT2D eigenvalue weighted by Gasteiger charge is 2.04. The summed E-state index contributed by atoms with van der Waals surface area (Å²) in [6, 6.07) is 2.56. The van der Waals surface area contributed by atoms with Crippen molar-refractivity contribution in [1.29, 1.82) is 0 Å². The fourth-order valence-corrected chi connectivity index (χ4v) is 2.07. The molecular formula is C10H13N3S. The van der Waals surface area contributed by atoms with Crippen molar-refractivity contribution in [1.82, 2.24) is 9.97 Å². The molecule has 0 aliphatic rings. The quantitative estimate of drug-likeness (QED) is 0.808. The first-order valence-electron chi connectivity index (χ1n) is 4.61. The minimum absolute atomic E-state index is 0.399. The molecule has 14 heavy (non-hydrogen) atoms. The molecule has 0 saturated heterocycles. The zero-order valence-electron chi connectivity index (χ0n) is 8.03. The Morgan fingerprint density at radius 2 is 2.57 bits per heavy atom. The number of aromatic nitrogens is 2. The summed E-state index contributed by atoms with van der Waals surface area (Å²) in [6.07, 6.45) is 4.60. The molecule has 0 bridgehead atoms. The molecule has 1 atom stereocenters. The predicted molar refractivity (Wildman–Crippen MR) is 59.7 cm³/mol. The van der Waals surface area contributed by atoms with Crippen molar-refractivity contribution in [3.05, 3.63) is 34.8 Å². The summed E-state index contributed by atoms with van der Waals surface area (Å²) < 4.78 is 0. The summed E-state index contributed by atoms with van der Waals surface area (Å²) in [5.41, 5.74) is 1.38. The van der Waals surface area contributed by atoms with Crippen molar-refractivity contribution in [3.63, 3.8) is 0 Å². The molecule has 0 spiro atoms. The summed E-state index contributed by atoms with van der Waals surface area (Å²) >= 11 is 1.74. The van der Waals surface area contributed by atoms with Gasteiger partial charge >= 0.3 is 0 Å². The summed E-state index contributed by atoms with van der Waals surface area (Å²) in [4.78, 5) is 7.15. The van der Waals surface area contributed by atoms with E-state index < -0.39 is 0 Å². The predicted octanol–water partition coefficient (Wildman–Crippen LogP) is 2.51. The largest absolute Gasteiger partial charge is 0.353 e. The van der Waals surface area contributed by atoms with Crippen LogP contribution in [-0.4, -0.2) is 16.0 Å². The molecule has 2 aromatic rings. The average molecular weight is 207 g/mol. The van der Waals surface area contributed by atoms with Gasteiger partial charge in [0.15, 0.2) is 5.95 Å². The fourth-order valence-electron chi connectivity index (χ4n) is 1.39. The maximum absolute atomic E-state index is 4.12. The van der Waals surface area contributed by atoms with Gasteiger partial charge in [-0.1, -0.05) is 0 Å². The van der Waals surface area contributed by atoms with Crippen molar-refractivity contribution < 1.29 is 0 Å². The molecule has 0 aliphatic heterocycles. The average Bonchev–Trinajstić information content (AvgIpc) is 2.76. The molecule has 0 saturated carbocycles. The highest BCUT2D eigenvalue weighted by atomic mass is 32.1. The van der Waals surface area contributed by atoms with E-state index in [4.69, 9.17) is 0 Å². The molecule has 4 heteroatoms. The van der Waals surface area contributed by atoms with Crippen LogP contribution >= 0.6 is 11.3 Å². The van der Waals surface area contributed by atoms with Gasteiger partial charge in [0.2, 0.25) is 0 Å². The van der Waals surface area contributed by atoms with Gasteiger partial charge in [-0.3, -0.25) is 0 Å². The first kappa shape index (κ1) is 9.27. The lowest BCUT2D eigenvalue weighted by Crippen LogP contribution is -2.18. The second-order valence-electron chi connectivity index (χ2n) is 3.32. The molecule has 3 nitrogen and oxygen atoms in total. The highest BCUT2D eigenvalue weighted by Crippen LogP contribution is 2.10. The molecule has 0 radical (unpaired) electrons. The van der Waals surface area contributed by atoms with E-state index in [9.17, 15) is 0 Å². The summed E-state index contributed by atoms with van der Waals surface area (Å²) in [5.74, 6) is 0.840. The Morgan fingerprint density at radius 1 is 1.64 bits per heavy atom. The van der Waals surface area contributed by atoms with Crippen molar-refractivity contribution in [2.24, 2.45) is 0 Å². The molecule has 1 unspecified atom stereocenters. The summed E-state index contributed by atoms with van der Waals surface area (Å²) in [7, 11) is 0. The van der Waals surface area contributed by atoms with E-state index in [0.29, 0.717) is 6.04 Å². The number of H-pyrrole nitrogens is 1. The molecule has 2 heterocycles. The smallest absolute Gasteiger partial charge is 0.200 e. The second kappa shape index (κ2) is 4.28. The van der Waals surface area contributed by atoms with Crippen LogP contribution in [0.25, 0.3) is 0 Å². The van der Waals surface area contributed by atoms with Gasteiger partial charge in [0.1, 0.15) is 0 Å². The summed E-state index contributed by atoms with van der Waals surface area (Å²) in [6.45, 7) is 2.15. The molecular weight excluding hydrogens is 194 g/mol. The third-order valence-electron chi connectivity index (χ3n) is 2.00. The molecule has 2 aromatic heterocycles. The number of hydrogen-bond acceptors (Lipinski definition) is 3. The molecule has 0 amide bonds. The lowest BCUT2D eigenvalue weighted by Gasteiger charge is -2.11. The Morgan fingerprint density at radius 3 is 3.21 bits per heavy atom.